The van der Waals surface area contributed by atoms with E-state index in [9.17, 15) is 27.9 Å². The van der Waals surface area contributed by atoms with Crippen LogP contribution in [0.3, 0.4) is 0 Å². The van der Waals surface area contributed by atoms with Crippen LogP contribution in [0.5, 0.6) is 0 Å². The smallest absolute Gasteiger partial charge is 0.375 e. The number of carbonyl (C=O) groups excluding carboxylic acids is 2. The molecule has 1 aliphatic rings. The predicted molar refractivity (Wildman–Crippen MR) is 113 cm³/mol. The van der Waals surface area contributed by atoms with Crippen molar-refractivity contribution >= 4 is 29.0 Å². The molecule has 1 amide bonds. The molecule has 4 rings (SSSR count). The highest BCUT2D eigenvalue weighted by molar-refractivity contribution is 6.30. The molecule has 1 unspecified atom stereocenters. The second-order valence-electron chi connectivity index (χ2n) is 7.57. The molecule has 0 fully saturated rings. The van der Waals surface area contributed by atoms with Crippen LogP contribution in [-0.2, 0) is 23.1 Å². The molecule has 32 heavy (non-hydrogen) atoms. The third-order valence-corrected chi connectivity index (χ3v) is 5.67. The lowest BCUT2D eigenvalue weighted by Crippen LogP contribution is -2.41. The molecule has 4 nitrogen and oxygen atoms in total. The van der Waals surface area contributed by atoms with Gasteiger partial charge in [0.25, 0.3) is 5.91 Å². The molecule has 0 saturated heterocycles. The Morgan fingerprint density at radius 3 is 2.38 bits per heavy atom. The molecule has 0 radical (unpaired) electrons. The Hall–Kier alpha value is -3.16. The Morgan fingerprint density at radius 1 is 1.00 bits per heavy atom. The van der Waals surface area contributed by atoms with Crippen LogP contribution in [0.4, 0.5) is 18.9 Å². The van der Waals surface area contributed by atoms with Gasteiger partial charge in [-0.2, -0.15) is 13.2 Å². The Bertz CT molecular complexity index is 1190. The number of rotatable bonds is 5. The number of hydrogen-bond donors (Lipinski definition) is 1. The maximum absolute atomic E-state index is 13.3. The topological polar surface area (TPSA) is 57.6 Å². The van der Waals surface area contributed by atoms with Gasteiger partial charge in [0.15, 0.2) is 11.4 Å². The molecule has 0 aliphatic carbocycles. The van der Waals surface area contributed by atoms with Crippen molar-refractivity contribution in [1.29, 1.82) is 0 Å². The average Bonchev–Trinajstić information content (AvgIpc) is 2.96. The normalized spacial score (nSPS) is 18.0. The Morgan fingerprint density at radius 2 is 1.69 bits per heavy atom. The second kappa shape index (κ2) is 8.07. The number of alkyl halides is 3. The SMILES string of the molecule is O=C(CC1(O)C(=O)N(Cc2cccc(C(F)(F)F)c2)c2ccccc21)c1ccc(Cl)cc1. The maximum atomic E-state index is 13.3. The van der Waals surface area contributed by atoms with Gasteiger partial charge in [-0.05, 0) is 48.0 Å². The van der Waals surface area contributed by atoms with Crippen LogP contribution in [0.15, 0.2) is 72.8 Å². The summed E-state index contributed by atoms with van der Waals surface area (Å²) in [5.41, 5.74) is -1.85. The Balaban J connectivity index is 1.66. The predicted octanol–water partition coefficient (Wildman–Crippen LogP) is 5.37. The second-order valence-corrected chi connectivity index (χ2v) is 8.01. The minimum Gasteiger partial charge on any atom is -0.375 e. The number of benzene rings is 3. The molecule has 1 atom stereocenters. The fraction of sp³-hybridized carbons (Fsp3) is 0.167. The van der Waals surface area contributed by atoms with Crippen LogP contribution in [0, 0.1) is 0 Å². The number of anilines is 1. The first-order chi connectivity index (χ1) is 15.1. The summed E-state index contributed by atoms with van der Waals surface area (Å²) in [6.45, 7) is -0.183. The number of amides is 1. The fourth-order valence-corrected chi connectivity index (χ4v) is 3.96. The van der Waals surface area contributed by atoms with Gasteiger partial charge in [0, 0.05) is 16.1 Å². The number of aliphatic hydroxyl groups is 1. The van der Waals surface area contributed by atoms with Gasteiger partial charge < -0.3 is 10.0 Å². The van der Waals surface area contributed by atoms with Crippen LogP contribution < -0.4 is 4.90 Å². The number of fused-ring (bicyclic) bond motifs is 1. The lowest BCUT2D eigenvalue weighted by molar-refractivity contribution is -0.137. The van der Waals surface area contributed by atoms with Gasteiger partial charge >= 0.3 is 6.18 Å². The van der Waals surface area contributed by atoms with E-state index >= 15 is 0 Å². The van der Waals surface area contributed by atoms with Crippen molar-refractivity contribution in [3.8, 4) is 0 Å². The van der Waals surface area contributed by atoms with E-state index < -0.39 is 35.5 Å². The van der Waals surface area contributed by atoms with Crippen molar-refractivity contribution < 1.29 is 27.9 Å². The monoisotopic (exact) mass is 459 g/mol. The third kappa shape index (κ3) is 4.01. The first-order valence-corrected chi connectivity index (χ1v) is 10.1. The number of ketones is 1. The third-order valence-electron chi connectivity index (χ3n) is 5.42. The largest absolute Gasteiger partial charge is 0.416 e. The molecule has 0 spiro atoms. The van der Waals surface area contributed by atoms with Crippen molar-refractivity contribution in [1.82, 2.24) is 0 Å². The van der Waals surface area contributed by atoms with Crippen LogP contribution in [0.1, 0.15) is 33.5 Å². The first-order valence-electron chi connectivity index (χ1n) is 9.68. The summed E-state index contributed by atoms with van der Waals surface area (Å²) in [5.74, 6) is -1.23. The number of Topliss-reactive ketones (excluding diaryl/α,β-unsaturated/α-hetero) is 1. The van der Waals surface area contributed by atoms with Crippen molar-refractivity contribution in [3.05, 3.63) is 100 Å². The zero-order chi connectivity index (χ0) is 23.1. The standard InChI is InChI=1S/C24H17ClF3NO3/c25-18-10-8-16(9-11-18)21(30)13-23(32)19-6-1-2-7-20(19)29(22(23)31)14-15-4-3-5-17(12-15)24(26,27)28/h1-12,32H,13-14H2. The van der Waals surface area contributed by atoms with Crippen molar-refractivity contribution in [2.45, 2.75) is 24.7 Å². The summed E-state index contributed by atoms with van der Waals surface area (Å²) in [7, 11) is 0. The molecule has 0 bridgehead atoms. The van der Waals surface area contributed by atoms with Gasteiger partial charge in [-0.25, -0.2) is 0 Å². The van der Waals surface area contributed by atoms with Crippen LogP contribution >= 0.6 is 11.6 Å². The minimum absolute atomic E-state index is 0.183. The van der Waals surface area contributed by atoms with Gasteiger partial charge in [-0.15, -0.1) is 0 Å². The molecule has 164 valence electrons. The van der Waals surface area contributed by atoms with Gasteiger partial charge in [0.1, 0.15) is 0 Å². The molecule has 3 aromatic carbocycles. The molecule has 3 aromatic rings. The van der Waals surface area contributed by atoms with Crippen LogP contribution in [0.2, 0.25) is 5.02 Å². The van der Waals surface area contributed by atoms with Gasteiger partial charge in [0.05, 0.1) is 24.2 Å². The van der Waals surface area contributed by atoms with Gasteiger partial charge in [-0.1, -0.05) is 41.9 Å². The van der Waals surface area contributed by atoms with Crippen molar-refractivity contribution in [2.24, 2.45) is 0 Å². The van der Waals surface area contributed by atoms with E-state index in [1.165, 1.54) is 47.4 Å². The van der Waals surface area contributed by atoms with Crippen molar-refractivity contribution in [2.75, 3.05) is 4.90 Å². The van der Waals surface area contributed by atoms with E-state index in [4.69, 9.17) is 11.6 Å². The summed E-state index contributed by atoms with van der Waals surface area (Å²) in [6, 6.07) is 17.1. The number of halogens is 4. The molecule has 8 heteroatoms. The van der Waals surface area contributed by atoms with Gasteiger partial charge in [0.2, 0.25) is 0 Å². The molecule has 1 heterocycles. The summed E-state index contributed by atoms with van der Waals surface area (Å²) < 4.78 is 39.3. The number of para-hydroxylation sites is 1. The maximum Gasteiger partial charge on any atom is 0.416 e. The van der Waals surface area contributed by atoms with E-state index in [1.807, 2.05) is 0 Å². The fourth-order valence-electron chi connectivity index (χ4n) is 3.83. The van der Waals surface area contributed by atoms with E-state index in [2.05, 4.69) is 0 Å². The molecule has 0 aromatic heterocycles. The summed E-state index contributed by atoms with van der Waals surface area (Å²) in [6.07, 6.45) is -5.03. The van der Waals surface area contributed by atoms with E-state index in [1.54, 1.807) is 18.2 Å². The number of hydrogen-bond acceptors (Lipinski definition) is 3. The zero-order valence-corrected chi connectivity index (χ0v) is 17.3. The number of carbonyl (C=O) groups is 2. The number of nitrogens with zero attached hydrogens (tertiary/aromatic N) is 1. The molecule has 1 aliphatic heterocycles. The van der Waals surface area contributed by atoms with Crippen molar-refractivity contribution in [3.63, 3.8) is 0 Å². The summed E-state index contributed by atoms with van der Waals surface area (Å²) in [5, 5.41) is 11.8. The summed E-state index contributed by atoms with van der Waals surface area (Å²) >= 11 is 5.85. The Kier molecular flexibility index (Phi) is 5.56. The highest BCUT2D eigenvalue weighted by Gasteiger charge is 2.50. The van der Waals surface area contributed by atoms with E-state index in [0.717, 1.165) is 12.1 Å². The first kappa shape index (κ1) is 22.0. The lowest BCUT2D eigenvalue weighted by Gasteiger charge is -2.23. The molecule has 0 saturated carbocycles. The quantitative estimate of drug-likeness (QED) is 0.522. The summed E-state index contributed by atoms with van der Waals surface area (Å²) in [4.78, 5) is 27.3. The van der Waals surface area contributed by atoms with E-state index in [-0.39, 0.29) is 23.2 Å². The lowest BCUT2D eigenvalue weighted by atomic mass is 9.88. The highest BCUT2D eigenvalue weighted by atomic mass is 35.5. The van der Waals surface area contributed by atoms with Crippen LogP contribution in [-0.4, -0.2) is 16.8 Å². The van der Waals surface area contributed by atoms with E-state index in [0.29, 0.717) is 10.7 Å². The van der Waals surface area contributed by atoms with Crippen LogP contribution in [0.25, 0.3) is 0 Å². The highest BCUT2D eigenvalue weighted by Crippen LogP contribution is 2.43. The minimum atomic E-state index is -4.52. The molecular weight excluding hydrogens is 443 g/mol. The average molecular weight is 460 g/mol. The molecule has 1 N–H and O–H groups in total. The Labute approximate surface area is 186 Å². The van der Waals surface area contributed by atoms with Gasteiger partial charge in [-0.3, -0.25) is 9.59 Å². The molecular formula is C24H17ClF3NO3. The zero-order valence-electron chi connectivity index (χ0n) is 16.6.